The van der Waals surface area contributed by atoms with Gasteiger partial charge in [0.15, 0.2) is 5.43 Å². The van der Waals surface area contributed by atoms with Crippen LogP contribution in [0.1, 0.15) is 23.8 Å². The Balaban J connectivity index is 3.17. The summed E-state index contributed by atoms with van der Waals surface area (Å²) < 4.78 is 5.23. The predicted octanol–water partition coefficient (Wildman–Crippen LogP) is 0.330. The van der Waals surface area contributed by atoms with Gasteiger partial charge in [-0.15, -0.1) is 0 Å². The van der Waals surface area contributed by atoms with Gasteiger partial charge in [0.25, 0.3) is 0 Å². The quantitative estimate of drug-likeness (QED) is 0.685. The van der Waals surface area contributed by atoms with Crippen molar-refractivity contribution in [3.8, 4) is 0 Å². The summed E-state index contributed by atoms with van der Waals surface area (Å²) in [5.74, 6) is 0.484. The minimum atomic E-state index is -0.980. The number of aliphatic hydroxyl groups is 1. The van der Waals surface area contributed by atoms with Crippen molar-refractivity contribution in [2.75, 3.05) is 0 Å². The maximum atomic E-state index is 11.6. The molecule has 14 heavy (non-hydrogen) atoms. The van der Waals surface area contributed by atoms with Gasteiger partial charge < -0.3 is 15.3 Å². The van der Waals surface area contributed by atoms with E-state index in [0.29, 0.717) is 23.3 Å². The Morgan fingerprint density at radius 3 is 2.79 bits per heavy atom. The molecule has 0 saturated carbocycles. The van der Waals surface area contributed by atoms with Crippen LogP contribution in [0.15, 0.2) is 15.5 Å². The molecule has 0 bridgehead atoms. The number of hydrogen-bond donors (Lipinski definition) is 2. The first-order valence-electron chi connectivity index (χ1n) is 4.60. The molecular formula is C10H15NO3. The molecule has 0 amide bonds. The lowest BCUT2D eigenvalue weighted by Gasteiger charge is -2.08. The predicted molar refractivity (Wildman–Crippen MR) is 53.0 cm³/mol. The maximum absolute atomic E-state index is 11.6. The molecule has 1 aromatic heterocycles. The molecule has 0 radical (unpaired) electrons. The maximum Gasteiger partial charge on any atom is 0.191 e. The van der Waals surface area contributed by atoms with E-state index in [-0.39, 0.29) is 11.8 Å². The number of rotatable bonds is 3. The third kappa shape index (κ3) is 2.21. The number of aliphatic hydroxyl groups excluding tert-OH is 1. The van der Waals surface area contributed by atoms with Crippen molar-refractivity contribution in [1.29, 1.82) is 0 Å². The summed E-state index contributed by atoms with van der Waals surface area (Å²) in [6.45, 7) is 3.58. The first kappa shape index (κ1) is 10.9. The second kappa shape index (κ2) is 4.39. The van der Waals surface area contributed by atoms with E-state index in [4.69, 9.17) is 15.3 Å². The molecule has 1 aromatic rings. The van der Waals surface area contributed by atoms with Crippen LogP contribution in [-0.2, 0) is 12.8 Å². The molecule has 0 aliphatic heterocycles. The van der Waals surface area contributed by atoms with E-state index in [1.165, 1.54) is 6.26 Å². The van der Waals surface area contributed by atoms with Gasteiger partial charge in [0.05, 0.1) is 6.26 Å². The van der Waals surface area contributed by atoms with Crippen LogP contribution >= 0.6 is 0 Å². The van der Waals surface area contributed by atoms with E-state index >= 15 is 0 Å². The molecule has 1 atom stereocenters. The SMILES string of the molecule is CCc1c(CC(N)O)occ(C)c1=O. The zero-order chi connectivity index (χ0) is 10.7. The Morgan fingerprint density at radius 2 is 2.29 bits per heavy atom. The molecule has 0 saturated heterocycles. The first-order valence-corrected chi connectivity index (χ1v) is 4.60. The zero-order valence-electron chi connectivity index (χ0n) is 8.41. The van der Waals surface area contributed by atoms with Gasteiger partial charge in [-0.25, -0.2) is 0 Å². The van der Waals surface area contributed by atoms with E-state index < -0.39 is 6.23 Å². The molecule has 4 heteroatoms. The highest BCUT2D eigenvalue weighted by molar-refractivity contribution is 5.22. The minimum Gasteiger partial charge on any atom is -0.468 e. The summed E-state index contributed by atoms with van der Waals surface area (Å²) >= 11 is 0. The van der Waals surface area contributed by atoms with Crippen LogP contribution in [0, 0.1) is 6.92 Å². The van der Waals surface area contributed by atoms with Crippen LogP contribution in [0.25, 0.3) is 0 Å². The van der Waals surface area contributed by atoms with E-state index in [2.05, 4.69) is 0 Å². The summed E-state index contributed by atoms with van der Waals surface area (Å²) in [5.41, 5.74) is 6.40. The average molecular weight is 197 g/mol. The number of aryl methyl sites for hydroxylation is 1. The molecular weight excluding hydrogens is 182 g/mol. The van der Waals surface area contributed by atoms with Crippen LogP contribution < -0.4 is 11.2 Å². The molecule has 1 rings (SSSR count). The lowest BCUT2D eigenvalue weighted by Crippen LogP contribution is -2.24. The summed E-state index contributed by atoms with van der Waals surface area (Å²) in [7, 11) is 0. The largest absolute Gasteiger partial charge is 0.468 e. The molecule has 78 valence electrons. The second-order valence-corrected chi connectivity index (χ2v) is 3.27. The normalized spacial score (nSPS) is 12.9. The van der Waals surface area contributed by atoms with E-state index in [1.54, 1.807) is 6.92 Å². The first-order chi connectivity index (χ1) is 6.56. The fourth-order valence-electron chi connectivity index (χ4n) is 1.37. The van der Waals surface area contributed by atoms with Gasteiger partial charge >= 0.3 is 0 Å². The fourth-order valence-corrected chi connectivity index (χ4v) is 1.37. The Kier molecular flexibility index (Phi) is 3.43. The molecule has 0 aliphatic carbocycles. The van der Waals surface area contributed by atoms with Gasteiger partial charge in [-0.2, -0.15) is 0 Å². The number of nitrogens with two attached hydrogens (primary N) is 1. The van der Waals surface area contributed by atoms with Crippen molar-refractivity contribution in [1.82, 2.24) is 0 Å². The van der Waals surface area contributed by atoms with Crippen molar-refractivity contribution in [3.63, 3.8) is 0 Å². The molecule has 1 unspecified atom stereocenters. The standard InChI is InChI=1S/C10H15NO3/c1-3-7-8(4-9(11)12)14-5-6(2)10(7)13/h5,9,12H,3-4,11H2,1-2H3. The number of hydrogen-bond acceptors (Lipinski definition) is 4. The van der Waals surface area contributed by atoms with Crippen molar-refractivity contribution in [2.24, 2.45) is 5.73 Å². The van der Waals surface area contributed by atoms with E-state index in [0.717, 1.165) is 0 Å². The molecule has 0 spiro atoms. The van der Waals surface area contributed by atoms with Gasteiger partial charge in [-0.05, 0) is 13.3 Å². The molecule has 4 nitrogen and oxygen atoms in total. The Morgan fingerprint density at radius 1 is 1.64 bits per heavy atom. The molecule has 3 N–H and O–H groups in total. The second-order valence-electron chi connectivity index (χ2n) is 3.27. The molecule has 0 aromatic carbocycles. The van der Waals surface area contributed by atoms with Crippen LogP contribution in [-0.4, -0.2) is 11.3 Å². The van der Waals surface area contributed by atoms with E-state index in [1.807, 2.05) is 6.92 Å². The summed E-state index contributed by atoms with van der Waals surface area (Å²) in [4.78, 5) is 11.6. The lowest BCUT2D eigenvalue weighted by atomic mass is 10.1. The monoisotopic (exact) mass is 197 g/mol. The summed E-state index contributed by atoms with van der Waals surface area (Å²) in [6, 6.07) is 0. The van der Waals surface area contributed by atoms with Crippen molar-refractivity contribution < 1.29 is 9.52 Å². The molecule has 0 aliphatic rings. The van der Waals surface area contributed by atoms with Gasteiger partial charge in [-0.3, -0.25) is 4.79 Å². The third-order valence-electron chi connectivity index (χ3n) is 2.09. The minimum absolute atomic E-state index is 0.0191. The van der Waals surface area contributed by atoms with Crippen LogP contribution in [0.4, 0.5) is 0 Å². The van der Waals surface area contributed by atoms with Gasteiger partial charge in [0.1, 0.15) is 12.0 Å². The van der Waals surface area contributed by atoms with Gasteiger partial charge in [-0.1, -0.05) is 6.92 Å². The molecule has 1 heterocycles. The topological polar surface area (TPSA) is 76.5 Å². The van der Waals surface area contributed by atoms with Crippen LogP contribution in [0.5, 0.6) is 0 Å². The Labute approximate surface area is 82.4 Å². The smallest absolute Gasteiger partial charge is 0.191 e. The van der Waals surface area contributed by atoms with Crippen LogP contribution in [0.3, 0.4) is 0 Å². The Bertz CT molecular complexity index is 368. The summed E-state index contributed by atoms with van der Waals surface area (Å²) in [5, 5.41) is 9.00. The summed E-state index contributed by atoms with van der Waals surface area (Å²) in [6.07, 6.45) is 1.19. The third-order valence-corrected chi connectivity index (χ3v) is 2.09. The highest BCUT2D eigenvalue weighted by Crippen LogP contribution is 2.08. The Hall–Kier alpha value is -1.13. The molecule has 0 fully saturated rings. The lowest BCUT2D eigenvalue weighted by molar-refractivity contribution is 0.173. The average Bonchev–Trinajstić information content (AvgIpc) is 2.11. The van der Waals surface area contributed by atoms with E-state index in [9.17, 15) is 4.79 Å². The zero-order valence-corrected chi connectivity index (χ0v) is 8.41. The van der Waals surface area contributed by atoms with Crippen molar-refractivity contribution in [3.05, 3.63) is 33.4 Å². The highest BCUT2D eigenvalue weighted by Gasteiger charge is 2.11. The fraction of sp³-hybridized carbons (Fsp3) is 0.500. The van der Waals surface area contributed by atoms with Crippen LogP contribution in [0.2, 0.25) is 0 Å². The van der Waals surface area contributed by atoms with Gasteiger partial charge in [0, 0.05) is 17.5 Å². The van der Waals surface area contributed by atoms with Gasteiger partial charge in [0.2, 0.25) is 0 Å². The van der Waals surface area contributed by atoms with Crippen molar-refractivity contribution >= 4 is 0 Å². The highest BCUT2D eigenvalue weighted by atomic mass is 16.3. The van der Waals surface area contributed by atoms with Crippen molar-refractivity contribution in [2.45, 2.75) is 32.9 Å².